The van der Waals surface area contributed by atoms with Crippen LogP contribution in [-0.4, -0.2) is 22.8 Å². The number of nitrogens with zero attached hydrogens (tertiary/aromatic N) is 1. The van der Waals surface area contributed by atoms with Crippen molar-refractivity contribution < 1.29 is 9.53 Å². The Kier molecular flexibility index (Phi) is 5.11. The summed E-state index contributed by atoms with van der Waals surface area (Å²) in [5, 5.41) is 1.04. The Morgan fingerprint density at radius 3 is 2.36 bits per heavy atom. The van der Waals surface area contributed by atoms with Gasteiger partial charge in [-0.05, 0) is 35.4 Å². The number of benzene rings is 3. The van der Waals surface area contributed by atoms with Gasteiger partial charge in [-0.3, -0.25) is 4.79 Å². The Morgan fingerprint density at radius 2 is 1.61 bits per heavy atom. The number of H-pyrrole nitrogens is 1. The Morgan fingerprint density at radius 1 is 0.893 bits per heavy atom. The van der Waals surface area contributed by atoms with Crippen LogP contribution in [0.15, 0.2) is 84.9 Å². The fraction of sp³-hybridized carbons (Fsp3) is 0.125. The number of hydrogen-bond donors (Lipinski definition) is 1. The predicted octanol–water partition coefficient (Wildman–Crippen LogP) is 5.02. The minimum Gasteiger partial charge on any atom is -0.489 e. The second-order valence-corrected chi connectivity index (χ2v) is 6.85. The average molecular weight is 370 g/mol. The van der Waals surface area contributed by atoms with Crippen LogP contribution in [0.3, 0.4) is 0 Å². The first-order valence-electron chi connectivity index (χ1n) is 9.28. The van der Waals surface area contributed by atoms with E-state index in [2.05, 4.69) is 4.98 Å². The second-order valence-electron chi connectivity index (χ2n) is 6.85. The summed E-state index contributed by atoms with van der Waals surface area (Å²) in [6.07, 6.45) is 0. The smallest absolute Gasteiger partial charge is 0.270 e. The van der Waals surface area contributed by atoms with Gasteiger partial charge < -0.3 is 14.6 Å². The van der Waals surface area contributed by atoms with Crippen LogP contribution in [0.2, 0.25) is 0 Å². The molecule has 0 bridgehead atoms. The first kappa shape index (κ1) is 17.9. The molecule has 0 spiro atoms. The van der Waals surface area contributed by atoms with Crippen LogP contribution < -0.4 is 4.74 Å². The topological polar surface area (TPSA) is 45.3 Å². The number of aromatic amines is 1. The van der Waals surface area contributed by atoms with E-state index in [4.69, 9.17) is 4.74 Å². The molecule has 0 aliphatic rings. The molecule has 0 saturated heterocycles. The summed E-state index contributed by atoms with van der Waals surface area (Å²) in [5.41, 5.74) is 3.76. The molecular formula is C24H22N2O2. The highest BCUT2D eigenvalue weighted by Gasteiger charge is 2.14. The second kappa shape index (κ2) is 8.01. The number of hydrogen-bond acceptors (Lipinski definition) is 2. The zero-order chi connectivity index (χ0) is 19.3. The SMILES string of the molecule is CN(Cc1ccc(OCc2ccccc2)cc1)C(=O)c1cc2ccccc2[nH]1. The van der Waals surface area contributed by atoms with Gasteiger partial charge in [-0.2, -0.15) is 0 Å². The summed E-state index contributed by atoms with van der Waals surface area (Å²) in [7, 11) is 1.81. The van der Waals surface area contributed by atoms with E-state index in [9.17, 15) is 4.79 Å². The molecule has 3 aromatic carbocycles. The zero-order valence-electron chi connectivity index (χ0n) is 15.8. The van der Waals surface area contributed by atoms with Crippen molar-refractivity contribution in [2.75, 3.05) is 7.05 Å². The normalized spacial score (nSPS) is 10.8. The van der Waals surface area contributed by atoms with Gasteiger partial charge in [0.2, 0.25) is 0 Å². The Labute approximate surface area is 164 Å². The quantitative estimate of drug-likeness (QED) is 0.518. The molecule has 0 saturated carbocycles. The van der Waals surface area contributed by atoms with Crippen molar-refractivity contribution in [1.82, 2.24) is 9.88 Å². The lowest BCUT2D eigenvalue weighted by Gasteiger charge is -2.16. The van der Waals surface area contributed by atoms with Crippen molar-refractivity contribution in [3.8, 4) is 5.75 Å². The standard InChI is InChI=1S/C24H22N2O2/c1-26(24(27)23-15-20-9-5-6-10-22(20)25-23)16-18-11-13-21(14-12-18)28-17-19-7-3-2-4-8-19/h2-15,25H,16-17H2,1H3. The molecule has 1 N–H and O–H groups in total. The number of ether oxygens (including phenoxy) is 1. The van der Waals surface area contributed by atoms with Crippen molar-refractivity contribution >= 4 is 16.8 Å². The lowest BCUT2D eigenvalue weighted by Crippen LogP contribution is -2.26. The Bertz CT molecular complexity index is 1040. The summed E-state index contributed by atoms with van der Waals surface area (Å²) in [6.45, 7) is 1.08. The van der Waals surface area contributed by atoms with Gasteiger partial charge in [-0.25, -0.2) is 0 Å². The van der Waals surface area contributed by atoms with E-state index in [0.717, 1.165) is 27.8 Å². The van der Waals surface area contributed by atoms with Gasteiger partial charge in [-0.1, -0.05) is 60.7 Å². The number of fused-ring (bicyclic) bond motifs is 1. The van der Waals surface area contributed by atoms with Crippen LogP contribution in [0.25, 0.3) is 10.9 Å². The van der Waals surface area contributed by atoms with Crippen LogP contribution in [0.4, 0.5) is 0 Å². The third kappa shape index (κ3) is 4.07. The zero-order valence-corrected chi connectivity index (χ0v) is 15.8. The average Bonchev–Trinajstić information content (AvgIpc) is 3.17. The Hall–Kier alpha value is -3.53. The fourth-order valence-corrected chi connectivity index (χ4v) is 3.17. The van der Waals surface area contributed by atoms with Gasteiger partial charge in [0.1, 0.15) is 18.1 Å². The molecular weight excluding hydrogens is 348 g/mol. The fourth-order valence-electron chi connectivity index (χ4n) is 3.17. The van der Waals surface area contributed by atoms with Crippen LogP contribution in [0.1, 0.15) is 21.6 Å². The maximum absolute atomic E-state index is 12.7. The van der Waals surface area contributed by atoms with E-state index < -0.39 is 0 Å². The van der Waals surface area contributed by atoms with Crippen LogP contribution in [-0.2, 0) is 13.2 Å². The molecule has 28 heavy (non-hydrogen) atoms. The monoisotopic (exact) mass is 370 g/mol. The molecule has 0 aliphatic heterocycles. The van der Waals surface area contributed by atoms with Gasteiger partial charge >= 0.3 is 0 Å². The molecule has 0 unspecified atom stereocenters. The number of carbonyl (C=O) groups is 1. The molecule has 1 amide bonds. The number of aromatic nitrogens is 1. The molecule has 0 fully saturated rings. The third-order valence-corrected chi connectivity index (χ3v) is 4.70. The van der Waals surface area contributed by atoms with Crippen LogP contribution >= 0.6 is 0 Å². The minimum atomic E-state index is -0.0272. The highest BCUT2D eigenvalue weighted by Crippen LogP contribution is 2.18. The molecule has 4 aromatic rings. The predicted molar refractivity (Wildman–Crippen MR) is 111 cm³/mol. The summed E-state index contributed by atoms with van der Waals surface area (Å²) in [6, 6.07) is 27.7. The van der Waals surface area contributed by atoms with Crippen molar-refractivity contribution in [2.24, 2.45) is 0 Å². The number of amides is 1. The van der Waals surface area contributed by atoms with Gasteiger partial charge in [0.15, 0.2) is 0 Å². The van der Waals surface area contributed by atoms with E-state index in [1.54, 1.807) is 4.90 Å². The van der Waals surface area contributed by atoms with Crippen LogP contribution in [0, 0.1) is 0 Å². The molecule has 0 radical (unpaired) electrons. The number of carbonyl (C=O) groups excluding carboxylic acids is 1. The maximum Gasteiger partial charge on any atom is 0.270 e. The number of nitrogens with one attached hydrogen (secondary N) is 1. The van der Waals surface area contributed by atoms with Gasteiger partial charge in [0.25, 0.3) is 5.91 Å². The molecule has 0 atom stereocenters. The Balaban J connectivity index is 1.37. The van der Waals surface area contributed by atoms with Crippen molar-refractivity contribution in [2.45, 2.75) is 13.2 Å². The first-order valence-corrected chi connectivity index (χ1v) is 9.28. The summed E-state index contributed by atoms with van der Waals surface area (Å²) >= 11 is 0. The lowest BCUT2D eigenvalue weighted by atomic mass is 10.2. The van der Waals surface area contributed by atoms with E-state index in [1.165, 1.54) is 0 Å². The largest absolute Gasteiger partial charge is 0.489 e. The lowest BCUT2D eigenvalue weighted by molar-refractivity contribution is 0.0780. The third-order valence-electron chi connectivity index (χ3n) is 4.70. The molecule has 0 aliphatic carbocycles. The first-order chi connectivity index (χ1) is 13.7. The summed E-state index contributed by atoms with van der Waals surface area (Å²) < 4.78 is 5.82. The summed E-state index contributed by atoms with van der Waals surface area (Å²) in [4.78, 5) is 17.6. The summed E-state index contributed by atoms with van der Waals surface area (Å²) in [5.74, 6) is 0.790. The van der Waals surface area contributed by atoms with Crippen LogP contribution in [0.5, 0.6) is 5.75 Å². The van der Waals surface area contributed by atoms with Crippen molar-refractivity contribution in [3.63, 3.8) is 0 Å². The molecule has 1 aromatic heterocycles. The van der Waals surface area contributed by atoms with Gasteiger partial charge in [-0.15, -0.1) is 0 Å². The highest BCUT2D eigenvalue weighted by molar-refractivity contribution is 5.97. The van der Waals surface area contributed by atoms with Crippen molar-refractivity contribution in [1.29, 1.82) is 0 Å². The molecule has 1 heterocycles. The van der Waals surface area contributed by atoms with E-state index >= 15 is 0 Å². The van der Waals surface area contributed by atoms with E-state index in [0.29, 0.717) is 18.8 Å². The van der Waals surface area contributed by atoms with E-state index in [1.807, 2.05) is 92.0 Å². The molecule has 4 rings (SSSR count). The highest BCUT2D eigenvalue weighted by atomic mass is 16.5. The van der Waals surface area contributed by atoms with Crippen molar-refractivity contribution in [3.05, 3.63) is 102 Å². The molecule has 4 nitrogen and oxygen atoms in total. The molecule has 4 heteroatoms. The minimum absolute atomic E-state index is 0.0272. The molecule has 140 valence electrons. The van der Waals surface area contributed by atoms with Gasteiger partial charge in [0.05, 0.1) is 0 Å². The number of rotatable bonds is 6. The van der Waals surface area contributed by atoms with E-state index in [-0.39, 0.29) is 5.91 Å². The maximum atomic E-state index is 12.7. The number of para-hydroxylation sites is 1. The van der Waals surface area contributed by atoms with Gasteiger partial charge in [0, 0.05) is 24.5 Å².